The normalized spacial score (nSPS) is 36.4. The van der Waals surface area contributed by atoms with Gasteiger partial charge in [-0.05, 0) is 37.5 Å². The van der Waals surface area contributed by atoms with Crippen molar-refractivity contribution in [3.8, 4) is 0 Å². The van der Waals surface area contributed by atoms with Crippen LogP contribution in [0.25, 0.3) is 0 Å². The van der Waals surface area contributed by atoms with Gasteiger partial charge in [0.05, 0.1) is 0 Å². The van der Waals surface area contributed by atoms with Crippen LogP contribution in [0.15, 0.2) is 12.2 Å². The van der Waals surface area contributed by atoms with E-state index in [1.54, 1.807) is 0 Å². The van der Waals surface area contributed by atoms with Gasteiger partial charge in [0.1, 0.15) is 0 Å². The Labute approximate surface area is 75.5 Å². The molecule has 0 heterocycles. The Morgan fingerprint density at radius 3 is 2.67 bits per heavy atom. The lowest BCUT2D eigenvalue weighted by Gasteiger charge is -2.34. The van der Waals surface area contributed by atoms with Crippen LogP contribution >= 0.6 is 0 Å². The van der Waals surface area contributed by atoms with Gasteiger partial charge in [-0.3, -0.25) is 0 Å². The highest BCUT2D eigenvalue weighted by Gasteiger charge is 2.28. The van der Waals surface area contributed by atoms with E-state index in [1.807, 2.05) is 0 Å². The van der Waals surface area contributed by atoms with Gasteiger partial charge in [-0.25, -0.2) is 0 Å². The van der Waals surface area contributed by atoms with Crippen LogP contribution in [0.2, 0.25) is 0 Å². The molecule has 0 aromatic carbocycles. The quantitative estimate of drug-likeness (QED) is 0.628. The van der Waals surface area contributed by atoms with Crippen LogP contribution < -0.4 is 0 Å². The van der Waals surface area contributed by atoms with Gasteiger partial charge in [0.15, 0.2) is 0 Å². The topological polar surface area (TPSA) is 20.2 Å². The molecule has 1 N–H and O–H groups in total. The summed E-state index contributed by atoms with van der Waals surface area (Å²) in [5, 5.41) is 9.19. The maximum Gasteiger partial charge on any atom is 0.0465 e. The number of aliphatic hydroxyl groups excluding tert-OH is 1. The minimum Gasteiger partial charge on any atom is -0.396 e. The summed E-state index contributed by atoms with van der Waals surface area (Å²) in [4.78, 5) is 0. The highest BCUT2D eigenvalue weighted by Crippen LogP contribution is 2.36. The van der Waals surface area contributed by atoms with E-state index in [9.17, 15) is 5.11 Å². The predicted molar refractivity (Wildman–Crippen MR) is 51.9 cm³/mol. The van der Waals surface area contributed by atoms with E-state index in [0.29, 0.717) is 18.4 Å². The first-order chi connectivity index (χ1) is 5.65. The van der Waals surface area contributed by atoms with Crippen LogP contribution in [0, 0.1) is 17.8 Å². The molecule has 0 radical (unpaired) electrons. The third kappa shape index (κ3) is 2.10. The highest BCUT2D eigenvalue weighted by atomic mass is 16.3. The lowest BCUT2D eigenvalue weighted by Crippen LogP contribution is -2.27. The zero-order chi connectivity index (χ0) is 9.14. The second-order valence-corrected chi connectivity index (χ2v) is 4.31. The van der Waals surface area contributed by atoms with Crippen LogP contribution in [-0.4, -0.2) is 11.7 Å². The van der Waals surface area contributed by atoms with E-state index < -0.39 is 0 Å². The minimum absolute atomic E-state index is 0.335. The van der Waals surface area contributed by atoms with Crippen molar-refractivity contribution in [3.63, 3.8) is 0 Å². The maximum absolute atomic E-state index is 9.19. The van der Waals surface area contributed by atoms with Gasteiger partial charge in [0, 0.05) is 6.61 Å². The van der Waals surface area contributed by atoms with Crippen molar-refractivity contribution in [2.45, 2.75) is 33.1 Å². The van der Waals surface area contributed by atoms with E-state index in [1.165, 1.54) is 24.8 Å². The molecule has 1 nitrogen and oxygen atoms in total. The van der Waals surface area contributed by atoms with E-state index in [0.717, 1.165) is 5.92 Å². The summed E-state index contributed by atoms with van der Waals surface area (Å²) in [6, 6.07) is 0. The second-order valence-electron chi connectivity index (χ2n) is 4.31. The van der Waals surface area contributed by atoms with Crippen LogP contribution in [0.3, 0.4) is 0 Å². The Kier molecular flexibility index (Phi) is 3.33. The molecular formula is C11H20O. The molecule has 0 spiro atoms. The van der Waals surface area contributed by atoms with Crippen molar-refractivity contribution in [1.29, 1.82) is 0 Å². The van der Waals surface area contributed by atoms with E-state index in [-0.39, 0.29) is 0 Å². The molecule has 0 amide bonds. The number of rotatable bonds is 2. The number of allylic oxidation sites excluding steroid dienone is 1. The lowest BCUT2D eigenvalue weighted by atomic mass is 9.72. The predicted octanol–water partition coefficient (Wildman–Crippen LogP) is 2.61. The maximum atomic E-state index is 9.19. The standard InChI is InChI=1S/C11H20O/c1-8(2)11-5-4-9(3)6-10(11)7-12/h9-12H,1,4-7H2,2-3H3/t9-,10?,11+/m0/s1. The van der Waals surface area contributed by atoms with Crippen LogP contribution in [0.4, 0.5) is 0 Å². The van der Waals surface area contributed by atoms with Crippen molar-refractivity contribution < 1.29 is 5.11 Å². The van der Waals surface area contributed by atoms with Gasteiger partial charge >= 0.3 is 0 Å². The molecule has 0 aromatic heterocycles. The Bertz CT molecular complexity index is 162. The van der Waals surface area contributed by atoms with Crippen LogP contribution in [0.1, 0.15) is 33.1 Å². The van der Waals surface area contributed by atoms with Gasteiger partial charge in [0.25, 0.3) is 0 Å². The summed E-state index contributed by atoms with van der Waals surface area (Å²) in [5.74, 6) is 1.84. The Hall–Kier alpha value is -0.300. The number of hydrogen-bond acceptors (Lipinski definition) is 1. The van der Waals surface area contributed by atoms with Crippen molar-refractivity contribution in [2.75, 3.05) is 6.61 Å². The fourth-order valence-electron chi connectivity index (χ4n) is 2.35. The summed E-state index contributed by atoms with van der Waals surface area (Å²) in [5.41, 5.74) is 1.25. The molecule has 70 valence electrons. The zero-order valence-electron chi connectivity index (χ0n) is 8.21. The van der Waals surface area contributed by atoms with Crippen molar-refractivity contribution in [3.05, 3.63) is 12.2 Å². The minimum atomic E-state index is 0.335. The van der Waals surface area contributed by atoms with Crippen LogP contribution in [-0.2, 0) is 0 Å². The molecule has 0 bridgehead atoms. The third-order valence-electron chi connectivity index (χ3n) is 3.11. The van der Waals surface area contributed by atoms with Gasteiger partial charge in [-0.15, -0.1) is 0 Å². The second kappa shape index (κ2) is 4.08. The Balaban J connectivity index is 2.56. The lowest BCUT2D eigenvalue weighted by molar-refractivity contribution is 0.127. The summed E-state index contributed by atoms with van der Waals surface area (Å²) >= 11 is 0. The largest absolute Gasteiger partial charge is 0.396 e. The van der Waals surface area contributed by atoms with Crippen molar-refractivity contribution in [2.24, 2.45) is 17.8 Å². The van der Waals surface area contributed by atoms with Gasteiger partial charge in [-0.1, -0.05) is 25.5 Å². The first-order valence-corrected chi connectivity index (χ1v) is 4.91. The molecule has 1 saturated carbocycles. The molecule has 12 heavy (non-hydrogen) atoms. The number of hydrogen-bond donors (Lipinski definition) is 1. The Morgan fingerprint density at radius 1 is 1.50 bits per heavy atom. The van der Waals surface area contributed by atoms with Crippen molar-refractivity contribution >= 4 is 0 Å². The SMILES string of the molecule is C=C(C)[C@H]1CC[C@H](C)CC1CO. The smallest absolute Gasteiger partial charge is 0.0465 e. The van der Waals surface area contributed by atoms with Gasteiger partial charge < -0.3 is 5.11 Å². The van der Waals surface area contributed by atoms with E-state index in [4.69, 9.17) is 0 Å². The third-order valence-corrected chi connectivity index (χ3v) is 3.11. The average Bonchev–Trinajstić information content (AvgIpc) is 2.03. The highest BCUT2D eigenvalue weighted by molar-refractivity contribution is 5.01. The molecule has 0 aliphatic heterocycles. The molecule has 3 atom stereocenters. The molecule has 1 heteroatoms. The summed E-state index contributed by atoms with van der Waals surface area (Å²) in [6.07, 6.45) is 3.70. The average molecular weight is 168 g/mol. The summed E-state index contributed by atoms with van der Waals surface area (Å²) < 4.78 is 0. The molecule has 1 aliphatic carbocycles. The first-order valence-electron chi connectivity index (χ1n) is 4.91. The molecule has 1 rings (SSSR count). The molecule has 1 aliphatic rings. The summed E-state index contributed by atoms with van der Waals surface area (Å²) in [7, 11) is 0. The monoisotopic (exact) mass is 168 g/mol. The molecule has 0 saturated heterocycles. The number of aliphatic hydroxyl groups is 1. The zero-order valence-corrected chi connectivity index (χ0v) is 8.21. The van der Waals surface area contributed by atoms with E-state index >= 15 is 0 Å². The fraction of sp³-hybridized carbons (Fsp3) is 0.818. The molecule has 0 aromatic rings. The fourth-order valence-corrected chi connectivity index (χ4v) is 2.35. The first kappa shape index (κ1) is 9.79. The molecular weight excluding hydrogens is 148 g/mol. The van der Waals surface area contributed by atoms with Gasteiger partial charge in [-0.2, -0.15) is 0 Å². The van der Waals surface area contributed by atoms with Crippen molar-refractivity contribution in [1.82, 2.24) is 0 Å². The summed E-state index contributed by atoms with van der Waals surface area (Å²) in [6.45, 7) is 8.69. The Morgan fingerprint density at radius 2 is 2.17 bits per heavy atom. The molecule has 1 unspecified atom stereocenters. The van der Waals surface area contributed by atoms with Gasteiger partial charge in [0.2, 0.25) is 0 Å². The van der Waals surface area contributed by atoms with Crippen LogP contribution in [0.5, 0.6) is 0 Å². The van der Waals surface area contributed by atoms with E-state index in [2.05, 4.69) is 20.4 Å². The molecule has 1 fully saturated rings.